The lowest BCUT2D eigenvalue weighted by Crippen LogP contribution is -2.29. The minimum atomic E-state index is -0.0670. The third kappa shape index (κ3) is 4.88. The zero-order chi connectivity index (χ0) is 15.2. The van der Waals surface area contributed by atoms with Crippen molar-refractivity contribution in [1.82, 2.24) is 14.7 Å². The van der Waals surface area contributed by atoms with Crippen molar-refractivity contribution in [2.45, 2.75) is 20.0 Å². The van der Waals surface area contributed by atoms with Gasteiger partial charge in [-0.05, 0) is 32.2 Å². The van der Waals surface area contributed by atoms with Gasteiger partial charge in [0, 0.05) is 35.6 Å². The van der Waals surface area contributed by atoms with Crippen LogP contribution in [0.2, 0.25) is 5.02 Å². The Morgan fingerprint density at radius 1 is 1.48 bits per heavy atom. The molecule has 2 aromatic rings. The van der Waals surface area contributed by atoms with Crippen molar-refractivity contribution in [3.8, 4) is 0 Å². The van der Waals surface area contributed by atoms with Crippen molar-refractivity contribution >= 4 is 23.2 Å². The molecule has 0 radical (unpaired) electrons. The van der Waals surface area contributed by atoms with Crippen molar-refractivity contribution < 1.29 is 4.79 Å². The largest absolute Gasteiger partial charge is 0.325 e. The van der Waals surface area contributed by atoms with Gasteiger partial charge in [0.1, 0.15) is 0 Å². The van der Waals surface area contributed by atoms with Crippen LogP contribution in [0.4, 0.5) is 5.69 Å². The molecule has 0 aliphatic rings. The molecule has 21 heavy (non-hydrogen) atoms. The van der Waals surface area contributed by atoms with Crippen LogP contribution < -0.4 is 5.32 Å². The van der Waals surface area contributed by atoms with Gasteiger partial charge < -0.3 is 5.32 Å². The minimum absolute atomic E-state index is 0.0670. The number of aryl methyl sites for hydroxylation is 1. The maximum Gasteiger partial charge on any atom is 0.238 e. The predicted molar refractivity (Wildman–Crippen MR) is 84.3 cm³/mol. The van der Waals surface area contributed by atoms with E-state index in [1.54, 1.807) is 18.2 Å². The second-order valence-corrected chi connectivity index (χ2v) is 5.37. The van der Waals surface area contributed by atoms with E-state index in [1.807, 2.05) is 42.0 Å². The number of benzene rings is 1. The summed E-state index contributed by atoms with van der Waals surface area (Å²) in [5.74, 6) is -0.0670. The van der Waals surface area contributed by atoms with Gasteiger partial charge in [-0.1, -0.05) is 17.7 Å². The van der Waals surface area contributed by atoms with E-state index >= 15 is 0 Å². The van der Waals surface area contributed by atoms with E-state index in [-0.39, 0.29) is 5.91 Å². The number of hydrogen-bond acceptors (Lipinski definition) is 3. The smallest absolute Gasteiger partial charge is 0.238 e. The molecule has 1 N–H and O–H groups in total. The Kier molecular flexibility index (Phi) is 5.36. The van der Waals surface area contributed by atoms with Crippen molar-refractivity contribution in [1.29, 1.82) is 0 Å². The summed E-state index contributed by atoms with van der Waals surface area (Å²) in [4.78, 5) is 13.9. The summed E-state index contributed by atoms with van der Waals surface area (Å²) >= 11 is 5.89. The molecule has 2 rings (SSSR count). The van der Waals surface area contributed by atoms with Gasteiger partial charge in [0.15, 0.2) is 0 Å². The molecule has 0 unspecified atom stereocenters. The van der Waals surface area contributed by atoms with Crippen LogP contribution in [0.5, 0.6) is 0 Å². The zero-order valence-electron chi connectivity index (χ0n) is 12.2. The highest BCUT2D eigenvalue weighted by molar-refractivity contribution is 6.30. The summed E-state index contributed by atoms with van der Waals surface area (Å²) < 4.78 is 1.87. The number of aromatic nitrogens is 2. The lowest BCUT2D eigenvalue weighted by Gasteiger charge is -2.15. The number of likely N-dealkylation sites (N-methyl/N-ethyl adjacent to an activating group) is 1. The SMILES string of the molecule is CCn1cc(CN(C)CC(=O)Nc2cccc(Cl)c2)cn1. The van der Waals surface area contributed by atoms with Crippen LogP contribution in [0.25, 0.3) is 0 Å². The second kappa shape index (κ2) is 7.24. The molecule has 1 heterocycles. The van der Waals surface area contributed by atoms with Gasteiger partial charge in [-0.2, -0.15) is 5.10 Å². The highest BCUT2D eigenvalue weighted by Crippen LogP contribution is 2.14. The fourth-order valence-corrected chi connectivity index (χ4v) is 2.23. The van der Waals surface area contributed by atoms with Crippen LogP contribution in [-0.4, -0.2) is 34.2 Å². The average Bonchev–Trinajstić information content (AvgIpc) is 2.85. The number of carbonyl (C=O) groups is 1. The van der Waals surface area contributed by atoms with E-state index in [9.17, 15) is 4.79 Å². The topological polar surface area (TPSA) is 50.2 Å². The van der Waals surface area contributed by atoms with Crippen LogP contribution in [0, 0.1) is 0 Å². The lowest BCUT2D eigenvalue weighted by molar-refractivity contribution is -0.117. The molecule has 0 fully saturated rings. The molecule has 112 valence electrons. The third-order valence-corrected chi connectivity index (χ3v) is 3.22. The number of halogens is 1. The minimum Gasteiger partial charge on any atom is -0.325 e. The van der Waals surface area contributed by atoms with Crippen LogP contribution in [-0.2, 0) is 17.9 Å². The summed E-state index contributed by atoms with van der Waals surface area (Å²) in [6, 6.07) is 7.12. The fraction of sp³-hybridized carbons (Fsp3) is 0.333. The number of hydrogen-bond donors (Lipinski definition) is 1. The Bertz CT molecular complexity index is 611. The van der Waals surface area contributed by atoms with Gasteiger partial charge in [-0.25, -0.2) is 0 Å². The monoisotopic (exact) mass is 306 g/mol. The quantitative estimate of drug-likeness (QED) is 0.892. The number of nitrogens with zero attached hydrogens (tertiary/aromatic N) is 3. The summed E-state index contributed by atoms with van der Waals surface area (Å²) in [7, 11) is 1.90. The summed E-state index contributed by atoms with van der Waals surface area (Å²) in [5, 5.41) is 7.65. The van der Waals surface area contributed by atoms with Gasteiger partial charge in [-0.15, -0.1) is 0 Å². The molecular weight excluding hydrogens is 288 g/mol. The Morgan fingerprint density at radius 2 is 2.29 bits per heavy atom. The van der Waals surface area contributed by atoms with Crippen LogP contribution in [0.15, 0.2) is 36.7 Å². The summed E-state index contributed by atoms with van der Waals surface area (Å²) in [5.41, 5.74) is 1.80. The Hall–Kier alpha value is -1.85. The second-order valence-electron chi connectivity index (χ2n) is 4.94. The van der Waals surface area contributed by atoms with Gasteiger partial charge >= 0.3 is 0 Å². The molecule has 1 amide bonds. The van der Waals surface area contributed by atoms with Crippen molar-refractivity contribution in [3.05, 3.63) is 47.2 Å². The molecule has 1 aromatic carbocycles. The van der Waals surface area contributed by atoms with Crippen molar-refractivity contribution in [2.24, 2.45) is 0 Å². The van der Waals surface area contributed by atoms with Gasteiger partial charge in [0.05, 0.1) is 12.7 Å². The molecule has 0 aliphatic carbocycles. The highest BCUT2D eigenvalue weighted by Gasteiger charge is 2.09. The number of nitrogens with one attached hydrogen (secondary N) is 1. The van der Waals surface area contributed by atoms with E-state index in [1.165, 1.54) is 0 Å². The number of amides is 1. The van der Waals surface area contributed by atoms with Gasteiger partial charge in [-0.3, -0.25) is 14.4 Å². The molecular formula is C15H19ClN4O. The number of carbonyl (C=O) groups excluding carboxylic acids is 1. The fourth-order valence-electron chi connectivity index (χ4n) is 2.04. The predicted octanol–water partition coefficient (Wildman–Crippen LogP) is 2.63. The average molecular weight is 307 g/mol. The Morgan fingerprint density at radius 3 is 2.95 bits per heavy atom. The Balaban J connectivity index is 1.84. The van der Waals surface area contributed by atoms with Crippen LogP contribution in [0.3, 0.4) is 0 Å². The molecule has 0 saturated carbocycles. The van der Waals surface area contributed by atoms with Crippen LogP contribution in [0.1, 0.15) is 12.5 Å². The molecule has 6 heteroatoms. The van der Waals surface area contributed by atoms with Crippen molar-refractivity contribution in [2.75, 3.05) is 18.9 Å². The summed E-state index contributed by atoms with van der Waals surface area (Å²) in [6.45, 7) is 3.88. The van der Waals surface area contributed by atoms with Gasteiger partial charge in [0.2, 0.25) is 5.91 Å². The maximum absolute atomic E-state index is 12.0. The van der Waals surface area contributed by atoms with Gasteiger partial charge in [0.25, 0.3) is 0 Å². The maximum atomic E-state index is 12.0. The molecule has 5 nitrogen and oxygen atoms in total. The molecule has 0 bridgehead atoms. The van der Waals surface area contributed by atoms with E-state index in [0.29, 0.717) is 23.8 Å². The first kappa shape index (κ1) is 15.5. The van der Waals surface area contributed by atoms with Crippen LogP contribution >= 0.6 is 11.6 Å². The number of rotatable bonds is 6. The van der Waals surface area contributed by atoms with E-state index in [2.05, 4.69) is 10.4 Å². The van der Waals surface area contributed by atoms with E-state index < -0.39 is 0 Å². The molecule has 0 aliphatic heterocycles. The highest BCUT2D eigenvalue weighted by atomic mass is 35.5. The first-order chi connectivity index (χ1) is 10.1. The van der Waals surface area contributed by atoms with E-state index in [4.69, 9.17) is 11.6 Å². The molecule has 0 spiro atoms. The molecule has 1 aromatic heterocycles. The number of anilines is 1. The Labute approximate surface area is 129 Å². The zero-order valence-corrected chi connectivity index (χ0v) is 13.0. The summed E-state index contributed by atoms with van der Waals surface area (Å²) in [6.07, 6.45) is 3.82. The van der Waals surface area contributed by atoms with E-state index in [0.717, 1.165) is 12.1 Å². The van der Waals surface area contributed by atoms with Crippen molar-refractivity contribution in [3.63, 3.8) is 0 Å². The first-order valence-electron chi connectivity index (χ1n) is 6.82. The lowest BCUT2D eigenvalue weighted by atomic mass is 10.3. The first-order valence-corrected chi connectivity index (χ1v) is 7.20. The normalized spacial score (nSPS) is 10.9. The molecule has 0 atom stereocenters. The standard InChI is InChI=1S/C15H19ClN4O/c1-3-20-10-12(8-17-20)9-19(2)11-15(21)18-14-6-4-5-13(16)7-14/h4-8,10H,3,9,11H2,1-2H3,(H,18,21). The third-order valence-electron chi connectivity index (χ3n) is 2.99. The molecule has 0 saturated heterocycles.